The Bertz CT molecular complexity index is 524. The Morgan fingerprint density at radius 3 is 2.71 bits per heavy atom. The lowest BCUT2D eigenvalue weighted by atomic mass is 10.2. The molecule has 0 spiro atoms. The summed E-state index contributed by atoms with van der Waals surface area (Å²) in [6.07, 6.45) is 0. The van der Waals surface area contributed by atoms with E-state index in [9.17, 15) is 4.79 Å². The summed E-state index contributed by atoms with van der Waals surface area (Å²) in [5, 5.41) is 3.25. The number of anilines is 1. The number of nitrogens with one attached hydrogen (secondary N) is 2. The van der Waals surface area contributed by atoms with Gasteiger partial charge in [-0.05, 0) is 12.1 Å². The molecule has 0 aliphatic carbocycles. The van der Waals surface area contributed by atoms with Crippen molar-refractivity contribution in [3.8, 4) is 11.3 Å². The standard InChI is InChI=1S/C11H10ClN3OS/c1-7(16)14-15-11-13-10(6-17-11)8-2-4-9(12)5-3-8/h2-6H,1H3,(H,13,15)(H,14,16). The minimum absolute atomic E-state index is 0.159. The molecule has 4 nitrogen and oxygen atoms in total. The van der Waals surface area contributed by atoms with Crippen LogP contribution in [-0.2, 0) is 4.79 Å². The Hall–Kier alpha value is -1.59. The molecule has 2 aromatic rings. The van der Waals surface area contributed by atoms with Crippen molar-refractivity contribution in [2.24, 2.45) is 0 Å². The first-order valence-electron chi connectivity index (χ1n) is 4.89. The van der Waals surface area contributed by atoms with Crippen LogP contribution in [0, 0.1) is 0 Å². The second-order valence-electron chi connectivity index (χ2n) is 3.35. The number of aromatic nitrogens is 1. The maximum Gasteiger partial charge on any atom is 0.235 e. The molecule has 2 rings (SSSR count). The van der Waals surface area contributed by atoms with E-state index in [4.69, 9.17) is 11.6 Å². The van der Waals surface area contributed by atoms with Crippen molar-refractivity contribution in [1.82, 2.24) is 10.4 Å². The summed E-state index contributed by atoms with van der Waals surface area (Å²) in [6.45, 7) is 1.43. The zero-order valence-corrected chi connectivity index (χ0v) is 10.6. The molecule has 2 N–H and O–H groups in total. The third kappa shape index (κ3) is 3.18. The fraction of sp³-hybridized carbons (Fsp3) is 0.0909. The van der Waals surface area contributed by atoms with Crippen LogP contribution in [0.3, 0.4) is 0 Å². The Morgan fingerprint density at radius 1 is 1.35 bits per heavy atom. The molecule has 1 amide bonds. The normalized spacial score (nSPS) is 10.0. The molecule has 0 saturated carbocycles. The van der Waals surface area contributed by atoms with E-state index in [1.54, 1.807) is 0 Å². The number of carbonyl (C=O) groups is 1. The van der Waals surface area contributed by atoms with E-state index < -0.39 is 0 Å². The molecule has 1 aromatic heterocycles. The van der Waals surface area contributed by atoms with E-state index in [-0.39, 0.29) is 5.91 Å². The molecule has 1 aromatic carbocycles. The van der Waals surface area contributed by atoms with Gasteiger partial charge in [-0.3, -0.25) is 15.6 Å². The van der Waals surface area contributed by atoms with Crippen LogP contribution >= 0.6 is 22.9 Å². The lowest BCUT2D eigenvalue weighted by Gasteiger charge is -2.00. The van der Waals surface area contributed by atoms with E-state index >= 15 is 0 Å². The third-order valence-electron chi connectivity index (χ3n) is 1.99. The summed E-state index contributed by atoms with van der Waals surface area (Å²) in [6, 6.07) is 7.44. The Morgan fingerprint density at radius 2 is 2.06 bits per heavy atom. The maximum absolute atomic E-state index is 10.7. The Kier molecular flexibility index (Phi) is 3.61. The number of hydrogen-bond donors (Lipinski definition) is 2. The van der Waals surface area contributed by atoms with Crippen molar-refractivity contribution >= 4 is 34.0 Å². The lowest BCUT2D eigenvalue weighted by Crippen LogP contribution is -2.26. The van der Waals surface area contributed by atoms with Crippen molar-refractivity contribution < 1.29 is 4.79 Å². The molecule has 0 atom stereocenters. The molecule has 0 aliphatic heterocycles. The molecule has 0 aliphatic rings. The highest BCUT2D eigenvalue weighted by molar-refractivity contribution is 7.14. The van der Waals surface area contributed by atoms with E-state index in [1.165, 1.54) is 18.3 Å². The average molecular weight is 268 g/mol. The molecule has 88 valence electrons. The SMILES string of the molecule is CC(=O)NNc1nc(-c2ccc(Cl)cc2)cs1. The van der Waals surface area contributed by atoms with Gasteiger partial charge >= 0.3 is 0 Å². The minimum atomic E-state index is -0.159. The summed E-state index contributed by atoms with van der Waals surface area (Å²) in [4.78, 5) is 15.1. The van der Waals surface area contributed by atoms with Gasteiger partial charge < -0.3 is 0 Å². The van der Waals surface area contributed by atoms with Crippen LogP contribution < -0.4 is 10.9 Å². The number of hydrogen-bond acceptors (Lipinski definition) is 4. The quantitative estimate of drug-likeness (QED) is 0.841. The van der Waals surface area contributed by atoms with Gasteiger partial charge in [-0.25, -0.2) is 4.98 Å². The van der Waals surface area contributed by atoms with Crippen molar-refractivity contribution in [2.45, 2.75) is 6.92 Å². The third-order valence-corrected chi connectivity index (χ3v) is 3.00. The van der Waals surface area contributed by atoms with Gasteiger partial charge in [-0.15, -0.1) is 11.3 Å². The van der Waals surface area contributed by atoms with Gasteiger partial charge in [0.1, 0.15) is 0 Å². The van der Waals surface area contributed by atoms with Gasteiger partial charge in [-0.2, -0.15) is 0 Å². The minimum Gasteiger partial charge on any atom is -0.274 e. The van der Waals surface area contributed by atoms with E-state index in [0.29, 0.717) is 10.2 Å². The summed E-state index contributed by atoms with van der Waals surface area (Å²) in [5.74, 6) is -0.159. The number of carbonyl (C=O) groups excluding carboxylic acids is 1. The van der Waals surface area contributed by atoms with Gasteiger partial charge in [0.25, 0.3) is 0 Å². The number of benzene rings is 1. The van der Waals surface area contributed by atoms with Crippen LogP contribution in [0.15, 0.2) is 29.6 Å². The molecule has 0 unspecified atom stereocenters. The maximum atomic E-state index is 10.7. The number of hydrazine groups is 1. The molecule has 17 heavy (non-hydrogen) atoms. The van der Waals surface area contributed by atoms with Crippen molar-refractivity contribution in [3.63, 3.8) is 0 Å². The van der Waals surface area contributed by atoms with Gasteiger partial charge in [0, 0.05) is 22.9 Å². The van der Waals surface area contributed by atoms with Crippen LogP contribution in [0.2, 0.25) is 5.02 Å². The first kappa shape index (κ1) is 11.9. The second kappa shape index (κ2) is 5.16. The van der Waals surface area contributed by atoms with E-state index in [2.05, 4.69) is 15.8 Å². The fourth-order valence-electron chi connectivity index (χ4n) is 1.23. The number of thiazole rings is 1. The zero-order valence-electron chi connectivity index (χ0n) is 9.03. The fourth-order valence-corrected chi connectivity index (χ4v) is 2.02. The number of nitrogens with zero attached hydrogens (tertiary/aromatic N) is 1. The first-order valence-corrected chi connectivity index (χ1v) is 6.15. The van der Waals surface area contributed by atoms with Crippen molar-refractivity contribution in [2.75, 3.05) is 5.43 Å². The zero-order chi connectivity index (χ0) is 12.3. The molecule has 0 bridgehead atoms. The Labute approximate surface area is 108 Å². The van der Waals surface area contributed by atoms with Crippen molar-refractivity contribution in [3.05, 3.63) is 34.7 Å². The van der Waals surface area contributed by atoms with Gasteiger partial charge in [0.15, 0.2) is 0 Å². The van der Waals surface area contributed by atoms with Crippen LogP contribution in [0.25, 0.3) is 11.3 Å². The predicted molar refractivity (Wildman–Crippen MR) is 70.0 cm³/mol. The molecule has 1 heterocycles. The molecule has 0 radical (unpaired) electrons. The van der Waals surface area contributed by atoms with E-state index in [1.807, 2.05) is 29.6 Å². The van der Waals surface area contributed by atoms with Crippen LogP contribution in [0.4, 0.5) is 5.13 Å². The van der Waals surface area contributed by atoms with Crippen LogP contribution in [0.5, 0.6) is 0 Å². The molecule has 0 saturated heterocycles. The number of rotatable bonds is 3. The molecule has 0 fully saturated rings. The molecule has 6 heteroatoms. The first-order chi connectivity index (χ1) is 8.15. The Balaban J connectivity index is 2.12. The summed E-state index contributed by atoms with van der Waals surface area (Å²) >= 11 is 7.23. The topological polar surface area (TPSA) is 54.0 Å². The van der Waals surface area contributed by atoms with Gasteiger partial charge in [0.2, 0.25) is 11.0 Å². The smallest absolute Gasteiger partial charge is 0.235 e. The largest absolute Gasteiger partial charge is 0.274 e. The van der Waals surface area contributed by atoms with Crippen LogP contribution in [-0.4, -0.2) is 10.9 Å². The highest BCUT2D eigenvalue weighted by Crippen LogP contribution is 2.25. The highest BCUT2D eigenvalue weighted by atomic mass is 35.5. The predicted octanol–water partition coefficient (Wildman–Crippen LogP) is 2.93. The number of halogens is 1. The van der Waals surface area contributed by atoms with Crippen LogP contribution in [0.1, 0.15) is 6.92 Å². The van der Waals surface area contributed by atoms with E-state index in [0.717, 1.165) is 11.3 Å². The molecular weight excluding hydrogens is 258 g/mol. The monoisotopic (exact) mass is 267 g/mol. The summed E-state index contributed by atoms with van der Waals surface area (Å²) in [5.41, 5.74) is 7.04. The van der Waals surface area contributed by atoms with Crippen molar-refractivity contribution in [1.29, 1.82) is 0 Å². The van der Waals surface area contributed by atoms with Gasteiger partial charge in [-0.1, -0.05) is 23.7 Å². The summed E-state index contributed by atoms with van der Waals surface area (Å²) in [7, 11) is 0. The highest BCUT2D eigenvalue weighted by Gasteiger charge is 2.04. The summed E-state index contributed by atoms with van der Waals surface area (Å²) < 4.78 is 0. The van der Waals surface area contributed by atoms with Gasteiger partial charge in [0.05, 0.1) is 5.69 Å². The number of amides is 1. The molecular formula is C11H10ClN3OS. The lowest BCUT2D eigenvalue weighted by molar-refractivity contribution is -0.118. The average Bonchev–Trinajstić information content (AvgIpc) is 2.76. The second-order valence-corrected chi connectivity index (χ2v) is 4.65.